The van der Waals surface area contributed by atoms with Crippen molar-refractivity contribution >= 4 is 6.21 Å². The average molecular weight is 134 g/mol. The molecule has 0 fully saturated rings. The highest BCUT2D eigenvalue weighted by Crippen LogP contribution is 2.11. The third kappa shape index (κ3) is 0.856. The molecular formula is C8H10N2. The van der Waals surface area contributed by atoms with Crippen molar-refractivity contribution in [2.45, 2.75) is 0 Å². The highest BCUT2D eigenvalue weighted by Gasteiger charge is 2.10. The summed E-state index contributed by atoms with van der Waals surface area (Å²) in [4.78, 5) is 6.52. The van der Waals surface area contributed by atoms with E-state index in [2.05, 4.69) is 28.1 Å². The van der Waals surface area contributed by atoms with E-state index in [0.717, 1.165) is 19.6 Å². The molecule has 0 bridgehead atoms. The van der Waals surface area contributed by atoms with Gasteiger partial charge in [0, 0.05) is 18.5 Å². The minimum Gasteiger partial charge on any atom is -0.364 e. The van der Waals surface area contributed by atoms with Crippen LogP contribution in [-0.4, -0.2) is 30.7 Å². The molecule has 2 nitrogen and oxygen atoms in total. The van der Waals surface area contributed by atoms with Crippen LogP contribution in [0, 0.1) is 0 Å². The van der Waals surface area contributed by atoms with Crippen molar-refractivity contribution in [3.63, 3.8) is 0 Å². The van der Waals surface area contributed by atoms with Crippen molar-refractivity contribution in [1.29, 1.82) is 0 Å². The second-order valence-corrected chi connectivity index (χ2v) is 2.51. The van der Waals surface area contributed by atoms with Crippen LogP contribution in [0.25, 0.3) is 0 Å². The first-order chi connectivity index (χ1) is 4.97. The molecule has 2 heteroatoms. The number of allylic oxidation sites excluding steroid dienone is 2. The molecule has 10 heavy (non-hydrogen) atoms. The second-order valence-electron chi connectivity index (χ2n) is 2.51. The van der Waals surface area contributed by atoms with Gasteiger partial charge in [0.15, 0.2) is 0 Å². The largest absolute Gasteiger partial charge is 0.364 e. The third-order valence-corrected chi connectivity index (χ3v) is 1.84. The van der Waals surface area contributed by atoms with Gasteiger partial charge in [-0.25, -0.2) is 0 Å². The van der Waals surface area contributed by atoms with Gasteiger partial charge >= 0.3 is 0 Å². The Hall–Kier alpha value is -1.05. The summed E-state index contributed by atoms with van der Waals surface area (Å²) in [6.45, 7) is 2.90. The normalized spacial score (nSPS) is 22.4. The Bertz CT molecular complexity index is 213. The van der Waals surface area contributed by atoms with Gasteiger partial charge in [-0.05, 0) is 6.08 Å². The molecule has 2 aliphatic heterocycles. The Balaban J connectivity index is 2.23. The minimum atomic E-state index is 0.865. The zero-order valence-corrected chi connectivity index (χ0v) is 5.83. The van der Waals surface area contributed by atoms with Crippen LogP contribution in [0.5, 0.6) is 0 Å². The predicted molar refractivity (Wildman–Crippen MR) is 42.2 cm³/mol. The fourth-order valence-electron chi connectivity index (χ4n) is 1.25. The fourth-order valence-corrected chi connectivity index (χ4v) is 1.25. The molecule has 0 unspecified atom stereocenters. The Labute approximate surface area is 60.6 Å². The average Bonchev–Trinajstić information content (AvgIpc) is 2.05. The molecule has 2 rings (SSSR count). The number of rotatable bonds is 0. The van der Waals surface area contributed by atoms with E-state index in [9.17, 15) is 0 Å². The van der Waals surface area contributed by atoms with E-state index in [0.29, 0.717) is 0 Å². The van der Waals surface area contributed by atoms with Crippen LogP contribution >= 0.6 is 0 Å². The van der Waals surface area contributed by atoms with Crippen molar-refractivity contribution in [2.75, 3.05) is 19.6 Å². The first kappa shape index (κ1) is 5.71. The van der Waals surface area contributed by atoms with Gasteiger partial charge in [0.2, 0.25) is 0 Å². The molecule has 0 N–H and O–H groups in total. The summed E-state index contributed by atoms with van der Waals surface area (Å²) >= 11 is 0. The number of hydrogen-bond acceptors (Lipinski definition) is 2. The molecule has 0 aromatic rings. The van der Waals surface area contributed by atoms with Gasteiger partial charge in [-0.1, -0.05) is 12.2 Å². The van der Waals surface area contributed by atoms with Gasteiger partial charge in [0.1, 0.15) is 0 Å². The summed E-state index contributed by atoms with van der Waals surface area (Å²) in [7, 11) is 0. The van der Waals surface area contributed by atoms with E-state index >= 15 is 0 Å². The monoisotopic (exact) mass is 134 g/mol. The molecule has 2 heterocycles. The first-order valence-corrected chi connectivity index (χ1v) is 3.56. The maximum atomic E-state index is 4.19. The summed E-state index contributed by atoms with van der Waals surface area (Å²) in [6, 6.07) is 0. The zero-order valence-electron chi connectivity index (χ0n) is 5.83. The summed E-state index contributed by atoms with van der Waals surface area (Å²) in [6.07, 6.45) is 8.39. The van der Waals surface area contributed by atoms with Crippen LogP contribution in [0.1, 0.15) is 0 Å². The lowest BCUT2D eigenvalue weighted by atomic mass is 10.2. The van der Waals surface area contributed by atoms with Gasteiger partial charge in [0.05, 0.1) is 13.1 Å². The fraction of sp³-hybridized carbons (Fsp3) is 0.375. The van der Waals surface area contributed by atoms with Crippen LogP contribution in [0.15, 0.2) is 28.9 Å². The number of fused-ring (bicyclic) bond motifs is 1. The van der Waals surface area contributed by atoms with Crippen LogP contribution in [0.3, 0.4) is 0 Å². The topological polar surface area (TPSA) is 15.6 Å². The summed E-state index contributed by atoms with van der Waals surface area (Å²) in [5, 5.41) is 0. The van der Waals surface area contributed by atoms with Crippen LogP contribution in [-0.2, 0) is 0 Å². The van der Waals surface area contributed by atoms with Crippen LogP contribution in [0.2, 0.25) is 0 Å². The molecule has 0 amide bonds. The van der Waals surface area contributed by atoms with Gasteiger partial charge in [-0.15, -0.1) is 0 Å². The number of hydrogen-bond donors (Lipinski definition) is 0. The molecule has 0 radical (unpaired) electrons. The van der Waals surface area contributed by atoms with Crippen molar-refractivity contribution in [3.8, 4) is 0 Å². The molecular weight excluding hydrogens is 124 g/mol. The predicted octanol–water partition coefficient (Wildman–Crippen LogP) is 0.827. The van der Waals surface area contributed by atoms with Crippen LogP contribution in [0.4, 0.5) is 0 Å². The summed E-state index contributed by atoms with van der Waals surface area (Å²) in [5.41, 5.74) is 1.35. The molecule has 0 atom stereocenters. The Kier molecular flexibility index (Phi) is 1.31. The Morgan fingerprint density at radius 2 is 2.40 bits per heavy atom. The van der Waals surface area contributed by atoms with E-state index in [1.165, 1.54) is 5.70 Å². The Morgan fingerprint density at radius 3 is 3.30 bits per heavy atom. The molecule has 0 aliphatic carbocycles. The van der Waals surface area contributed by atoms with Crippen molar-refractivity contribution < 1.29 is 0 Å². The van der Waals surface area contributed by atoms with Gasteiger partial charge in [0.25, 0.3) is 0 Å². The molecule has 0 spiro atoms. The van der Waals surface area contributed by atoms with Crippen molar-refractivity contribution in [2.24, 2.45) is 4.99 Å². The highest BCUT2D eigenvalue weighted by molar-refractivity contribution is 5.62. The Morgan fingerprint density at radius 1 is 1.40 bits per heavy atom. The lowest BCUT2D eigenvalue weighted by Gasteiger charge is -2.28. The quantitative estimate of drug-likeness (QED) is 0.479. The molecule has 0 saturated heterocycles. The summed E-state index contributed by atoms with van der Waals surface area (Å²) in [5.74, 6) is 0. The van der Waals surface area contributed by atoms with Gasteiger partial charge in [-0.3, -0.25) is 4.99 Å². The highest BCUT2D eigenvalue weighted by atomic mass is 15.2. The molecule has 0 aromatic heterocycles. The SMILES string of the molecule is C1=CCN2CC=NCC2=C1. The van der Waals surface area contributed by atoms with E-state index in [-0.39, 0.29) is 0 Å². The standard InChI is InChI=1S/C8H10N2/c1-2-5-10-6-4-9-7-8(10)3-1/h1-4H,5-7H2. The second kappa shape index (κ2) is 2.29. The third-order valence-electron chi connectivity index (χ3n) is 1.84. The van der Waals surface area contributed by atoms with E-state index in [4.69, 9.17) is 0 Å². The van der Waals surface area contributed by atoms with Gasteiger partial charge < -0.3 is 4.90 Å². The lowest BCUT2D eigenvalue weighted by Crippen LogP contribution is -2.31. The smallest absolute Gasteiger partial charge is 0.0785 e. The first-order valence-electron chi connectivity index (χ1n) is 3.56. The molecule has 52 valence electrons. The van der Waals surface area contributed by atoms with E-state index < -0.39 is 0 Å². The maximum Gasteiger partial charge on any atom is 0.0785 e. The van der Waals surface area contributed by atoms with Crippen LogP contribution < -0.4 is 0 Å². The minimum absolute atomic E-state index is 0.865. The molecule has 2 aliphatic rings. The molecule has 0 saturated carbocycles. The zero-order chi connectivity index (χ0) is 6.81. The lowest BCUT2D eigenvalue weighted by molar-refractivity contribution is 0.415. The van der Waals surface area contributed by atoms with Crippen molar-refractivity contribution in [3.05, 3.63) is 23.9 Å². The summed E-state index contributed by atoms with van der Waals surface area (Å²) < 4.78 is 0. The molecule has 0 aromatic carbocycles. The maximum absolute atomic E-state index is 4.19. The van der Waals surface area contributed by atoms with Gasteiger partial charge in [-0.2, -0.15) is 0 Å². The number of nitrogens with zero attached hydrogens (tertiary/aromatic N) is 2. The van der Waals surface area contributed by atoms with E-state index in [1.807, 2.05) is 6.21 Å². The van der Waals surface area contributed by atoms with Crippen molar-refractivity contribution in [1.82, 2.24) is 4.90 Å². The number of aliphatic imine (C=N–C) groups is 1. The van der Waals surface area contributed by atoms with E-state index in [1.54, 1.807) is 0 Å².